The summed E-state index contributed by atoms with van der Waals surface area (Å²) < 4.78 is 0. The minimum absolute atomic E-state index is 0.0303. The molecule has 0 heterocycles. The van der Waals surface area contributed by atoms with E-state index < -0.39 is 12.2 Å². The van der Waals surface area contributed by atoms with Crippen molar-refractivity contribution in [2.75, 3.05) is 7.11 Å². The van der Waals surface area contributed by atoms with Crippen LogP contribution in [-0.4, -0.2) is 35.4 Å². The van der Waals surface area contributed by atoms with Gasteiger partial charge in [-0.1, -0.05) is 50.0 Å². The van der Waals surface area contributed by atoms with Crippen LogP contribution in [0.4, 0.5) is 0 Å². The van der Waals surface area contributed by atoms with Crippen LogP contribution in [0, 0.1) is 23.2 Å². The van der Waals surface area contributed by atoms with Gasteiger partial charge in [-0.15, -0.1) is 0 Å². The Morgan fingerprint density at radius 1 is 1.23 bits per heavy atom. The third kappa shape index (κ3) is 6.21. The molecule has 176 valence electrons. The van der Waals surface area contributed by atoms with E-state index in [0.717, 1.165) is 18.8 Å². The molecule has 3 rings (SSSR count). The minimum Gasteiger partial charge on any atom is -0.393 e. The van der Waals surface area contributed by atoms with Gasteiger partial charge in [-0.2, -0.15) is 0 Å². The van der Waals surface area contributed by atoms with Gasteiger partial charge in [0, 0.05) is 6.42 Å². The summed E-state index contributed by atoms with van der Waals surface area (Å²) in [7, 11) is 1.47. The summed E-state index contributed by atoms with van der Waals surface area (Å²) in [4.78, 5) is 16.2. The van der Waals surface area contributed by atoms with Gasteiger partial charge >= 0.3 is 0 Å². The molecule has 6 atom stereocenters. The van der Waals surface area contributed by atoms with Crippen LogP contribution in [0.3, 0.4) is 0 Å². The third-order valence-electron chi connectivity index (χ3n) is 8.33. The van der Waals surface area contributed by atoms with Crippen molar-refractivity contribution in [1.82, 2.24) is 5.48 Å². The number of allylic oxidation sites excluding steroid dienone is 3. The van der Waals surface area contributed by atoms with Crippen LogP contribution in [0.15, 0.2) is 23.3 Å². The first-order valence-electron chi connectivity index (χ1n) is 12.4. The van der Waals surface area contributed by atoms with Gasteiger partial charge in [0.15, 0.2) is 0 Å². The van der Waals surface area contributed by atoms with Crippen LogP contribution in [0.1, 0.15) is 90.9 Å². The molecule has 1 amide bonds. The Hall–Kier alpha value is -1.17. The van der Waals surface area contributed by atoms with Crippen LogP contribution in [0.5, 0.6) is 0 Å². The first-order chi connectivity index (χ1) is 14.8. The fraction of sp³-hybridized carbons (Fsp3) is 0.808. The van der Waals surface area contributed by atoms with E-state index in [1.54, 1.807) is 5.57 Å². The Morgan fingerprint density at radius 3 is 2.68 bits per heavy atom. The molecule has 3 fully saturated rings. The van der Waals surface area contributed by atoms with E-state index in [-0.39, 0.29) is 5.91 Å². The number of amides is 1. The Balaban J connectivity index is 1.58. The van der Waals surface area contributed by atoms with Gasteiger partial charge in [0.25, 0.3) is 0 Å². The molecule has 0 saturated heterocycles. The van der Waals surface area contributed by atoms with Gasteiger partial charge in [0.1, 0.15) is 0 Å². The molecule has 3 aliphatic carbocycles. The maximum Gasteiger partial charge on any atom is 0.243 e. The molecule has 3 saturated carbocycles. The highest BCUT2D eigenvalue weighted by Gasteiger charge is 2.50. The van der Waals surface area contributed by atoms with Crippen molar-refractivity contribution >= 4 is 5.91 Å². The second kappa shape index (κ2) is 11.1. The highest BCUT2D eigenvalue weighted by Crippen LogP contribution is 2.59. The zero-order chi connectivity index (χ0) is 22.4. The van der Waals surface area contributed by atoms with Crippen molar-refractivity contribution in [3.63, 3.8) is 0 Å². The molecule has 0 aromatic heterocycles. The highest BCUT2D eigenvalue weighted by atomic mass is 16.6. The molecule has 0 aromatic carbocycles. The van der Waals surface area contributed by atoms with Gasteiger partial charge in [-0.3, -0.25) is 9.63 Å². The molecule has 5 nitrogen and oxygen atoms in total. The lowest BCUT2D eigenvalue weighted by Crippen LogP contribution is -2.36. The van der Waals surface area contributed by atoms with Gasteiger partial charge in [-0.05, 0) is 81.0 Å². The van der Waals surface area contributed by atoms with Gasteiger partial charge in [0.05, 0.1) is 19.3 Å². The van der Waals surface area contributed by atoms with E-state index in [1.165, 1.54) is 51.2 Å². The van der Waals surface area contributed by atoms with E-state index in [4.69, 9.17) is 0 Å². The first-order valence-corrected chi connectivity index (χ1v) is 12.4. The molecule has 31 heavy (non-hydrogen) atoms. The summed E-state index contributed by atoms with van der Waals surface area (Å²) in [5, 5.41) is 19.9. The molecular weight excluding hydrogens is 390 g/mol. The lowest BCUT2D eigenvalue weighted by atomic mass is 9.60. The van der Waals surface area contributed by atoms with E-state index >= 15 is 0 Å². The summed E-state index contributed by atoms with van der Waals surface area (Å²) in [5.74, 6) is 2.07. The van der Waals surface area contributed by atoms with E-state index in [9.17, 15) is 15.0 Å². The second-order valence-corrected chi connectivity index (χ2v) is 10.6. The number of unbranched alkanes of at least 4 members (excludes halogenated alkanes) is 1. The zero-order valence-corrected chi connectivity index (χ0v) is 19.7. The van der Waals surface area contributed by atoms with Crippen molar-refractivity contribution in [2.24, 2.45) is 23.2 Å². The predicted molar refractivity (Wildman–Crippen MR) is 123 cm³/mol. The maximum atomic E-state index is 11.6. The van der Waals surface area contributed by atoms with Gasteiger partial charge < -0.3 is 10.2 Å². The van der Waals surface area contributed by atoms with Crippen LogP contribution < -0.4 is 5.48 Å². The number of aliphatic hydroxyl groups is 2. The van der Waals surface area contributed by atoms with Crippen molar-refractivity contribution in [1.29, 1.82) is 0 Å². The lowest BCUT2D eigenvalue weighted by Gasteiger charge is -2.44. The molecule has 0 radical (unpaired) electrons. The standard InChI is InChI=1S/C26H43NO4/c1-18(7-4-5-9-25(30)27-31-3)23-12-13-24-20(8-6-14-26(23,24)2)11-10-19-15-21(28)17-22(29)16-19/h10-11,18,21-24,28-29H,4-9,12-17H2,1-3H3,(H,27,30)/b20-11-/t18-,21-,22-,23-,24+,26-/m1/s1. The number of aliphatic hydroxyl groups excluding tert-OH is 2. The largest absolute Gasteiger partial charge is 0.393 e. The molecule has 0 spiro atoms. The van der Waals surface area contributed by atoms with Gasteiger partial charge in [-0.25, -0.2) is 5.48 Å². The molecule has 0 aromatic rings. The Kier molecular flexibility index (Phi) is 8.77. The number of hydrogen-bond donors (Lipinski definition) is 3. The number of hydrogen-bond acceptors (Lipinski definition) is 4. The summed E-state index contributed by atoms with van der Waals surface area (Å²) in [6.45, 7) is 4.93. The normalized spacial score (nSPS) is 35.6. The smallest absolute Gasteiger partial charge is 0.243 e. The van der Waals surface area contributed by atoms with E-state index in [0.29, 0.717) is 42.9 Å². The van der Waals surface area contributed by atoms with Crippen LogP contribution in [0.2, 0.25) is 0 Å². The Labute approximate surface area is 188 Å². The molecular formula is C26H43NO4. The molecule has 0 aliphatic heterocycles. The van der Waals surface area contributed by atoms with E-state index in [2.05, 4.69) is 36.3 Å². The third-order valence-corrected chi connectivity index (χ3v) is 8.33. The molecule has 0 bridgehead atoms. The van der Waals surface area contributed by atoms with E-state index in [1.807, 2.05) is 0 Å². The monoisotopic (exact) mass is 433 g/mol. The highest BCUT2D eigenvalue weighted by molar-refractivity contribution is 5.74. The molecule has 3 N–H and O–H groups in total. The van der Waals surface area contributed by atoms with Crippen LogP contribution in [0.25, 0.3) is 0 Å². The average molecular weight is 434 g/mol. The SMILES string of the molecule is CONC(=O)CCCC[C@@H](C)[C@H]1CC[C@H]2/C(=C\C=C3C[C@@H](O)C[C@H](O)C3)CCC[C@]12C. The molecule has 3 aliphatic rings. The number of carbonyl (C=O) groups excluding carboxylic acids is 1. The molecule has 0 unspecified atom stereocenters. The van der Waals surface area contributed by atoms with Crippen molar-refractivity contribution in [3.05, 3.63) is 23.3 Å². The summed E-state index contributed by atoms with van der Waals surface area (Å²) in [6, 6.07) is 0. The molecule has 5 heteroatoms. The number of rotatable bonds is 8. The van der Waals surface area contributed by atoms with Crippen molar-refractivity contribution in [3.8, 4) is 0 Å². The van der Waals surface area contributed by atoms with Crippen LogP contribution >= 0.6 is 0 Å². The summed E-state index contributed by atoms with van der Waals surface area (Å²) in [5.41, 5.74) is 5.55. The fourth-order valence-electron chi connectivity index (χ4n) is 6.86. The van der Waals surface area contributed by atoms with Crippen molar-refractivity contribution < 1.29 is 19.8 Å². The predicted octanol–water partition coefficient (Wildman–Crippen LogP) is 4.84. The lowest BCUT2D eigenvalue weighted by molar-refractivity contribution is -0.131. The summed E-state index contributed by atoms with van der Waals surface area (Å²) in [6.07, 6.45) is 15.7. The quantitative estimate of drug-likeness (QED) is 0.378. The second-order valence-electron chi connectivity index (χ2n) is 10.6. The van der Waals surface area contributed by atoms with Gasteiger partial charge in [0.2, 0.25) is 5.91 Å². The minimum atomic E-state index is -0.401. The van der Waals surface area contributed by atoms with Crippen LogP contribution in [-0.2, 0) is 9.63 Å². The van der Waals surface area contributed by atoms with Crippen molar-refractivity contribution in [2.45, 2.75) is 103 Å². The Bertz CT molecular complexity index is 660. The Morgan fingerprint density at radius 2 is 1.97 bits per heavy atom. The average Bonchev–Trinajstić information content (AvgIpc) is 3.06. The zero-order valence-electron chi connectivity index (χ0n) is 19.7. The summed E-state index contributed by atoms with van der Waals surface area (Å²) >= 11 is 0. The number of fused-ring (bicyclic) bond motifs is 1. The number of nitrogens with one attached hydrogen (secondary N) is 1. The maximum absolute atomic E-state index is 11.6. The first kappa shape index (κ1) is 24.5. The number of carbonyl (C=O) groups is 1. The fourth-order valence-corrected chi connectivity index (χ4v) is 6.86. The topological polar surface area (TPSA) is 78.8 Å². The number of hydroxylamine groups is 1.